The van der Waals surface area contributed by atoms with Gasteiger partial charge in [0, 0.05) is 13.6 Å². The Kier molecular flexibility index (Phi) is 5.05. The molecule has 1 aromatic rings. The predicted molar refractivity (Wildman–Crippen MR) is 71.0 cm³/mol. The zero-order valence-corrected chi connectivity index (χ0v) is 12.3. The van der Waals surface area contributed by atoms with Gasteiger partial charge in [-0.15, -0.1) is 13.2 Å². The van der Waals surface area contributed by atoms with E-state index in [0.29, 0.717) is 5.56 Å². The molecule has 0 bridgehead atoms. The van der Waals surface area contributed by atoms with Crippen molar-refractivity contribution < 1.29 is 32.6 Å². The van der Waals surface area contributed by atoms with Gasteiger partial charge in [-0.2, -0.15) is 0 Å². The minimum atomic E-state index is -4.76. The molecule has 122 valence electrons. The Morgan fingerprint density at radius 2 is 1.68 bits per heavy atom. The van der Waals surface area contributed by atoms with E-state index in [1.54, 1.807) is 0 Å². The Balaban J connectivity index is 2.75. The Morgan fingerprint density at radius 3 is 2.09 bits per heavy atom. The standard InChI is InChI=1S/C14H16F3NO4/c1-13(2,12(20)21)11(19)18(3)8-9-4-6-10(7-5-9)22-14(15,16)17/h4-7H,8H2,1-3H3,(H,20,21). The highest BCUT2D eigenvalue weighted by Gasteiger charge is 2.38. The van der Waals surface area contributed by atoms with E-state index in [4.69, 9.17) is 5.11 Å². The average Bonchev–Trinajstić information content (AvgIpc) is 2.38. The number of carbonyl (C=O) groups is 2. The number of rotatable bonds is 5. The molecule has 22 heavy (non-hydrogen) atoms. The Hall–Kier alpha value is -2.25. The molecule has 0 fully saturated rings. The fourth-order valence-electron chi connectivity index (χ4n) is 1.71. The van der Waals surface area contributed by atoms with Gasteiger partial charge in [-0.1, -0.05) is 12.1 Å². The quantitative estimate of drug-likeness (QED) is 0.847. The maximum absolute atomic E-state index is 12.0. The smallest absolute Gasteiger partial charge is 0.480 e. The Bertz CT molecular complexity index is 552. The molecular weight excluding hydrogens is 303 g/mol. The van der Waals surface area contributed by atoms with Gasteiger partial charge in [-0.3, -0.25) is 9.59 Å². The van der Waals surface area contributed by atoms with Crippen LogP contribution in [-0.2, 0) is 16.1 Å². The molecule has 0 saturated heterocycles. The molecule has 1 N–H and O–H groups in total. The van der Waals surface area contributed by atoms with Crippen molar-refractivity contribution in [3.8, 4) is 5.75 Å². The van der Waals surface area contributed by atoms with Crippen LogP contribution in [0, 0.1) is 5.41 Å². The Morgan fingerprint density at radius 1 is 1.18 bits per heavy atom. The lowest BCUT2D eigenvalue weighted by atomic mass is 9.92. The van der Waals surface area contributed by atoms with E-state index in [9.17, 15) is 22.8 Å². The number of hydrogen-bond acceptors (Lipinski definition) is 3. The Labute approximate surface area is 125 Å². The monoisotopic (exact) mass is 319 g/mol. The van der Waals surface area contributed by atoms with Gasteiger partial charge in [0.15, 0.2) is 0 Å². The predicted octanol–water partition coefficient (Wildman–Crippen LogP) is 2.65. The zero-order valence-electron chi connectivity index (χ0n) is 12.3. The van der Waals surface area contributed by atoms with Crippen LogP contribution in [0.3, 0.4) is 0 Å². The van der Waals surface area contributed by atoms with Crippen molar-refractivity contribution in [3.05, 3.63) is 29.8 Å². The van der Waals surface area contributed by atoms with Crippen molar-refractivity contribution in [2.24, 2.45) is 5.41 Å². The van der Waals surface area contributed by atoms with Crippen molar-refractivity contribution >= 4 is 11.9 Å². The highest BCUT2D eigenvalue weighted by molar-refractivity contribution is 6.00. The second kappa shape index (κ2) is 6.25. The molecule has 0 aromatic heterocycles. The van der Waals surface area contributed by atoms with Gasteiger partial charge in [0.1, 0.15) is 11.2 Å². The van der Waals surface area contributed by atoms with E-state index in [-0.39, 0.29) is 12.3 Å². The van der Waals surface area contributed by atoms with Gasteiger partial charge in [-0.05, 0) is 31.5 Å². The molecule has 0 unspecified atom stereocenters. The molecule has 0 atom stereocenters. The summed E-state index contributed by atoms with van der Waals surface area (Å²) in [5.41, 5.74) is -1.03. The molecule has 0 heterocycles. The molecule has 0 spiro atoms. The van der Waals surface area contributed by atoms with Crippen LogP contribution in [0.4, 0.5) is 13.2 Å². The number of alkyl halides is 3. The minimum Gasteiger partial charge on any atom is -0.480 e. The van der Waals surface area contributed by atoms with Gasteiger partial charge in [0.25, 0.3) is 0 Å². The number of aliphatic carboxylic acids is 1. The molecule has 0 aliphatic heterocycles. The lowest BCUT2D eigenvalue weighted by Gasteiger charge is -2.26. The van der Waals surface area contributed by atoms with Crippen molar-refractivity contribution in [2.45, 2.75) is 26.8 Å². The molecule has 0 aliphatic carbocycles. The maximum Gasteiger partial charge on any atom is 0.573 e. The van der Waals surface area contributed by atoms with Crippen LogP contribution in [0.1, 0.15) is 19.4 Å². The summed E-state index contributed by atoms with van der Waals surface area (Å²) in [7, 11) is 1.42. The van der Waals surface area contributed by atoms with Gasteiger partial charge in [0.05, 0.1) is 0 Å². The van der Waals surface area contributed by atoms with E-state index in [1.165, 1.54) is 37.9 Å². The lowest BCUT2D eigenvalue weighted by Crippen LogP contribution is -2.43. The van der Waals surface area contributed by atoms with Crippen LogP contribution in [0.15, 0.2) is 24.3 Å². The normalized spacial score (nSPS) is 11.9. The minimum absolute atomic E-state index is 0.0713. The maximum atomic E-state index is 12.0. The third-order valence-corrected chi connectivity index (χ3v) is 2.99. The van der Waals surface area contributed by atoms with Crippen molar-refractivity contribution in [1.29, 1.82) is 0 Å². The molecular formula is C14H16F3NO4. The van der Waals surface area contributed by atoms with E-state index in [1.807, 2.05) is 0 Å². The number of amides is 1. The van der Waals surface area contributed by atoms with Crippen LogP contribution in [0.5, 0.6) is 5.75 Å². The SMILES string of the molecule is CN(Cc1ccc(OC(F)(F)F)cc1)C(=O)C(C)(C)C(=O)O. The molecule has 0 aliphatic rings. The molecule has 5 nitrogen and oxygen atoms in total. The molecule has 1 rings (SSSR count). The summed E-state index contributed by atoms with van der Waals surface area (Å²) in [5.74, 6) is -2.22. The number of ether oxygens (including phenoxy) is 1. The lowest BCUT2D eigenvalue weighted by molar-refractivity contribution is -0.274. The zero-order chi connectivity index (χ0) is 17.1. The summed E-state index contributed by atoms with van der Waals surface area (Å²) in [6.07, 6.45) is -4.76. The summed E-state index contributed by atoms with van der Waals surface area (Å²) < 4.78 is 39.8. The first kappa shape index (κ1) is 17.8. The highest BCUT2D eigenvalue weighted by Crippen LogP contribution is 2.24. The van der Waals surface area contributed by atoms with Crippen molar-refractivity contribution in [2.75, 3.05) is 7.05 Å². The fraction of sp³-hybridized carbons (Fsp3) is 0.429. The number of halogens is 3. The number of hydrogen-bond donors (Lipinski definition) is 1. The van der Waals surface area contributed by atoms with Crippen LogP contribution in [0.25, 0.3) is 0 Å². The number of nitrogens with zero attached hydrogens (tertiary/aromatic N) is 1. The number of carboxylic acids is 1. The average molecular weight is 319 g/mol. The third kappa shape index (κ3) is 4.64. The molecule has 1 amide bonds. The van der Waals surface area contributed by atoms with Gasteiger partial charge < -0.3 is 14.7 Å². The van der Waals surface area contributed by atoms with E-state index in [0.717, 1.165) is 12.1 Å². The number of carboxylic acid groups (broad SMARTS) is 1. The van der Waals surface area contributed by atoms with E-state index in [2.05, 4.69) is 4.74 Å². The molecule has 0 radical (unpaired) electrons. The molecule has 8 heteroatoms. The molecule has 1 aromatic carbocycles. The van der Waals surface area contributed by atoms with Crippen molar-refractivity contribution in [1.82, 2.24) is 4.90 Å². The number of carbonyl (C=O) groups excluding carboxylic acids is 1. The van der Waals surface area contributed by atoms with Gasteiger partial charge >= 0.3 is 12.3 Å². The van der Waals surface area contributed by atoms with Gasteiger partial charge in [-0.25, -0.2) is 0 Å². The summed E-state index contributed by atoms with van der Waals surface area (Å²) in [5, 5.41) is 9.00. The van der Waals surface area contributed by atoms with E-state index < -0.39 is 23.7 Å². The second-order valence-corrected chi connectivity index (χ2v) is 5.28. The highest BCUT2D eigenvalue weighted by atomic mass is 19.4. The topological polar surface area (TPSA) is 66.8 Å². The molecule has 0 saturated carbocycles. The first-order valence-electron chi connectivity index (χ1n) is 6.27. The summed E-state index contributed by atoms with van der Waals surface area (Å²) in [4.78, 5) is 24.3. The summed E-state index contributed by atoms with van der Waals surface area (Å²) in [6, 6.07) is 5.00. The first-order valence-corrected chi connectivity index (χ1v) is 6.27. The van der Waals surface area contributed by atoms with Crippen LogP contribution < -0.4 is 4.74 Å². The first-order chi connectivity index (χ1) is 9.93. The van der Waals surface area contributed by atoms with Crippen LogP contribution >= 0.6 is 0 Å². The third-order valence-electron chi connectivity index (χ3n) is 2.99. The summed E-state index contributed by atoms with van der Waals surface area (Å²) >= 11 is 0. The summed E-state index contributed by atoms with van der Waals surface area (Å²) in [6.45, 7) is 2.64. The van der Waals surface area contributed by atoms with Crippen LogP contribution in [0.2, 0.25) is 0 Å². The fourth-order valence-corrected chi connectivity index (χ4v) is 1.71. The van der Waals surface area contributed by atoms with Crippen molar-refractivity contribution in [3.63, 3.8) is 0 Å². The van der Waals surface area contributed by atoms with Gasteiger partial charge in [0.2, 0.25) is 5.91 Å². The van der Waals surface area contributed by atoms with Crippen LogP contribution in [-0.4, -0.2) is 35.3 Å². The van der Waals surface area contributed by atoms with E-state index >= 15 is 0 Å². The second-order valence-electron chi connectivity index (χ2n) is 5.28. The number of benzene rings is 1. The largest absolute Gasteiger partial charge is 0.573 e.